The van der Waals surface area contributed by atoms with Crippen LogP contribution in [-0.4, -0.2) is 9.78 Å². The molecule has 0 atom stereocenters. The average molecular weight is 94.1 g/mol. The van der Waals surface area contributed by atoms with Crippen LogP contribution < -0.4 is 0 Å². The third-order valence-electron chi connectivity index (χ3n) is 1.19. The SMILES string of the molecule is Cc1cc2n(n1)C2. The first-order chi connectivity index (χ1) is 3.36. The van der Waals surface area contributed by atoms with Crippen LogP contribution in [0.5, 0.6) is 0 Å². The standard InChI is InChI=1S/C5H6N2/c1-4-2-5-3-7(5)6-4/h2H,3H2,1H3. The Balaban J connectivity index is 2.69. The van der Waals surface area contributed by atoms with Gasteiger partial charge in [-0.2, -0.15) is 5.10 Å². The molecule has 0 unspecified atom stereocenters. The highest BCUT2D eigenvalue weighted by atomic mass is 15.4. The fraction of sp³-hybridized carbons (Fsp3) is 0.400. The monoisotopic (exact) mass is 94.1 g/mol. The van der Waals surface area contributed by atoms with Crippen LogP contribution in [0.3, 0.4) is 0 Å². The van der Waals surface area contributed by atoms with Crippen molar-refractivity contribution in [1.82, 2.24) is 9.78 Å². The van der Waals surface area contributed by atoms with Crippen LogP contribution in [0.15, 0.2) is 6.07 Å². The summed E-state index contributed by atoms with van der Waals surface area (Å²) in [5, 5.41) is 4.12. The van der Waals surface area contributed by atoms with Crippen molar-refractivity contribution in [3.8, 4) is 0 Å². The quantitative estimate of drug-likeness (QED) is 0.466. The molecule has 2 nitrogen and oxygen atoms in total. The lowest BCUT2D eigenvalue weighted by Crippen LogP contribution is -1.76. The molecule has 0 saturated heterocycles. The van der Waals surface area contributed by atoms with Gasteiger partial charge in [-0.25, -0.2) is 0 Å². The number of rotatable bonds is 0. The molecule has 0 saturated carbocycles. The Hall–Kier alpha value is -0.790. The van der Waals surface area contributed by atoms with Crippen molar-refractivity contribution in [3.05, 3.63) is 17.5 Å². The molecule has 2 heteroatoms. The molecule has 2 heterocycles. The molecular formula is C5H6N2. The van der Waals surface area contributed by atoms with E-state index in [9.17, 15) is 0 Å². The molecule has 2 rings (SSSR count). The largest absolute Gasteiger partial charge is 0.261 e. The summed E-state index contributed by atoms with van der Waals surface area (Å²) in [6, 6.07) is 2.11. The first-order valence-electron chi connectivity index (χ1n) is 2.39. The summed E-state index contributed by atoms with van der Waals surface area (Å²) < 4.78 is 2.00. The number of hydrogen-bond acceptors (Lipinski definition) is 1. The predicted octanol–water partition coefficient (Wildman–Crippen LogP) is 0.553. The second-order valence-electron chi connectivity index (χ2n) is 1.93. The van der Waals surface area contributed by atoms with Gasteiger partial charge < -0.3 is 0 Å². The van der Waals surface area contributed by atoms with Crippen LogP contribution in [-0.2, 0) is 6.54 Å². The summed E-state index contributed by atoms with van der Waals surface area (Å²) in [5.41, 5.74) is 2.51. The van der Waals surface area contributed by atoms with Crippen LogP contribution in [0.1, 0.15) is 11.4 Å². The molecule has 36 valence electrons. The van der Waals surface area contributed by atoms with E-state index in [-0.39, 0.29) is 0 Å². The molecular weight excluding hydrogens is 88.1 g/mol. The molecule has 1 aromatic rings. The van der Waals surface area contributed by atoms with Gasteiger partial charge in [0, 0.05) is 0 Å². The zero-order valence-electron chi connectivity index (χ0n) is 4.18. The van der Waals surface area contributed by atoms with Gasteiger partial charge in [0.25, 0.3) is 0 Å². The number of aromatic nitrogens is 2. The van der Waals surface area contributed by atoms with E-state index in [1.54, 1.807) is 0 Å². The van der Waals surface area contributed by atoms with Crippen molar-refractivity contribution in [2.75, 3.05) is 0 Å². The van der Waals surface area contributed by atoms with Crippen molar-refractivity contribution in [1.29, 1.82) is 0 Å². The maximum absolute atomic E-state index is 4.12. The highest BCUT2D eigenvalue weighted by Crippen LogP contribution is 2.16. The summed E-state index contributed by atoms with van der Waals surface area (Å²) in [7, 11) is 0. The predicted molar refractivity (Wildman–Crippen MR) is 26.1 cm³/mol. The van der Waals surface area contributed by atoms with Crippen LogP contribution >= 0.6 is 0 Å². The lowest BCUT2D eigenvalue weighted by molar-refractivity contribution is 0.874. The number of aryl methyl sites for hydroxylation is 1. The van der Waals surface area contributed by atoms with E-state index in [1.807, 2.05) is 11.6 Å². The maximum atomic E-state index is 4.12. The molecule has 1 aliphatic rings. The molecule has 0 aliphatic carbocycles. The van der Waals surface area contributed by atoms with Crippen molar-refractivity contribution in [2.45, 2.75) is 13.5 Å². The van der Waals surface area contributed by atoms with Crippen molar-refractivity contribution >= 4 is 0 Å². The topological polar surface area (TPSA) is 17.8 Å². The zero-order valence-corrected chi connectivity index (χ0v) is 4.18. The second kappa shape index (κ2) is 0.735. The third-order valence-corrected chi connectivity index (χ3v) is 1.19. The van der Waals surface area contributed by atoms with Crippen molar-refractivity contribution in [2.24, 2.45) is 0 Å². The summed E-state index contributed by atoms with van der Waals surface area (Å²) in [5.74, 6) is 0. The van der Waals surface area contributed by atoms with Gasteiger partial charge in [0.2, 0.25) is 0 Å². The molecule has 0 aromatic carbocycles. The summed E-state index contributed by atoms with van der Waals surface area (Å²) in [4.78, 5) is 0. The number of fused-ring (bicyclic) bond motifs is 1. The van der Waals surface area contributed by atoms with Crippen LogP contribution in [0.25, 0.3) is 0 Å². The molecule has 0 bridgehead atoms. The Bertz CT molecular complexity index is 179. The number of hydrogen-bond donors (Lipinski definition) is 0. The van der Waals surface area contributed by atoms with Gasteiger partial charge in [0.05, 0.1) is 17.9 Å². The Labute approximate surface area is 41.8 Å². The van der Waals surface area contributed by atoms with Crippen LogP contribution in [0, 0.1) is 6.92 Å². The minimum atomic E-state index is 1.08. The molecule has 1 aromatic heterocycles. The van der Waals surface area contributed by atoms with Crippen molar-refractivity contribution < 1.29 is 0 Å². The average Bonchev–Trinajstić information content (AvgIpc) is 2.15. The molecule has 0 N–H and O–H groups in total. The second-order valence-corrected chi connectivity index (χ2v) is 1.93. The number of nitrogens with zero attached hydrogens (tertiary/aromatic N) is 2. The minimum Gasteiger partial charge on any atom is -0.261 e. The van der Waals surface area contributed by atoms with Crippen molar-refractivity contribution in [3.63, 3.8) is 0 Å². The Kier molecular flexibility index (Phi) is 0.340. The van der Waals surface area contributed by atoms with E-state index in [1.165, 1.54) is 5.69 Å². The molecule has 0 radical (unpaired) electrons. The Morgan fingerprint density at radius 2 is 2.71 bits per heavy atom. The van der Waals surface area contributed by atoms with Crippen LogP contribution in [0.4, 0.5) is 0 Å². The van der Waals surface area contributed by atoms with E-state index in [2.05, 4.69) is 11.2 Å². The summed E-state index contributed by atoms with van der Waals surface area (Å²) in [6.07, 6.45) is 0. The molecule has 1 aliphatic heterocycles. The lowest BCUT2D eigenvalue weighted by Gasteiger charge is -1.74. The smallest absolute Gasteiger partial charge is 0.0832 e. The normalized spacial score (nSPS) is 13.9. The summed E-state index contributed by atoms with van der Waals surface area (Å²) in [6.45, 7) is 3.09. The van der Waals surface area contributed by atoms with Gasteiger partial charge in [-0.05, 0) is 13.0 Å². The van der Waals surface area contributed by atoms with E-state index < -0.39 is 0 Å². The van der Waals surface area contributed by atoms with Gasteiger partial charge in [-0.1, -0.05) is 0 Å². The maximum Gasteiger partial charge on any atom is 0.0832 e. The van der Waals surface area contributed by atoms with Gasteiger partial charge >= 0.3 is 0 Å². The Morgan fingerprint density at radius 3 is 3.00 bits per heavy atom. The molecule has 7 heavy (non-hydrogen) atoms. The zero-order chi connectivity index (χ0) is 4.85. The highest BCUT2D eigenvalue weighted by Gasteiger charge is 2.16. The first kappa shape index (κ1) is 3.24. The fourth-order valence-corrected chi connectivity index (χ4v) is 0.798. The van der Waals surface area contributed by atoms with E-state index >= 15 is 0 Å². The lowest BCUT2D eigenvalue weighted by atomic mass is 10.4. The van der Waals surface area contributed by atoms with E-state index in [4.69, 9.17) is 0 Å². The molecule has 0 spiro atoms. The van der Waals surface area contributed by atoms with Gasteiger partial charge in [0.1, 0.15) is 0 Å². The van der Waals surface area contributed by atoms with Gasteiger partial charge in [0.15, 0.2) is 0 Å². The van der Waals surface area contributed by atoms with E-state index in [0.29, 0.717) is 0 Å². The minimum absolute atomic E-state index is 1.08. The third kappa shape index (κ3) is 0.308. The first-order valence-corrected chi connectivity index (χ1v) is 2.39. The van der Waals surface area contributed by atoms with Crippen LogP contribution in [0.2, 0.25) is 0 Å². The van der Waals surface area contributed by atoms with Gasteiger partial charge in [-0.15, -0.1) is 0 Å². The molecule has 0 fully saturated rings. The van der Waals surface area contributed by atoms with E-state index in [0.717, 1.165) is 12.2 Å². The van der Waals surface area contributed by atoms with Gasteiger partial charge in [-0.3, -0.25) is 4.68 Å². The Morgan fingerprint density at radius 1 is 1.86 bits per heavy atom. The highest BCUT2D eigenvalue weighted by molar-refractivity contribution is 5.18. The molecule has 0 amide bonds. The fourth-order valence-electron chi connectivity index (χ4n) is 0.798. The summed E-state index contributed by atoms with van der Waals surface area (Å²) >= 11 is 0.